The second-order valence-electron chi connectivity index (χ2n) is 5.64. The molecule has 2 rings (SSSR count). The van der Waals surface area contributed by atoms with Crippen LogP contribution in [0.1, 0.15) is 46.0 Å². The molecule has 2 aliphatic rings. The summed E-state index contributed by atoms with van der Waals surface area (Å²) in [6, 6.07) is 1.55. The summed E-state index contributed by atoms with van der Waals surface area (Å²) >= 11 is 0. The van der Waals surface area contributed by atoms with E-state index in [4.69, 9.17) is 9.47 Å². The number of ether oxygens (including phenoxy) is 2. The fraction of sp³-hybridized carbons (Fsp3) is 1.00. The summed E-state index contributed by atoms with van der Waals surface area (Å²) in [7, 11) is 0. The maximum atomic E-state index is 5.57. The maximum Gasteiger partial charge on any atom is 0.158 e. The van der Waals surface area contributed by atoms with Crippen molar-refractivity contribution in [2.75, 3.05) is 32.8 Å². The average molecular weight is 270 g/mol. The van der Waals surface area contributed by atoms with Gasteiger partial charge in [-0.3, -0.25) is 0 Å². The lowest BCUT2D eigenvalue weighted by Gasteiger charge is -2.35. The summed E-state index contributed by atoms with van der Waals surface area (Å²) < 4.78 is 11.1. The predicted octanol–water partition coefficient (Wildman–Crippen LogP) is 1.99. The Balaban J connectivity index is 1.62. The molecule has 0 aliphatic carbocycles. The molecular formula is C15H30N2O2. The van der Waals surface area contributed by atoms with Crippen molar-refractivity contribution in [1.29, 1.82) is 0 Å². The van der Waals surface area contributed by atoms with Crippen molar-refractivity contribution in [3.8, 4) is 0 Å². The number of piperidine rings is 1. The van der Waals surface area contributed by atoms with E-state index in [-0.39, 0.29) is 6.29 Å². The Hall–Kier alpha value is -0.160. The van der Waals surface area contributed by atoms with E-state index < -0.39 is 0 Å². The van der Waals surface area contributed by atoms with Crippen LogP contribution < -0.4 is 5.32 Å². The molecule has 0 aromatic rings. The van der Waals surface area contributed by atoms with Gasteiger partial charge in [-0.2, -0.15) is 0 Å². The first-order chi connectivity index (χ1) is 9.33. The summed E-state index contributed by atoms with van der Waals surface area (Å²) in [5.41, 5.74) is 0. The van der Waals surface area contributed by atoms with Gasteiger partial charge in [0.25, 0.3) is 0 Å². The van der Waals surface area contributed by atoms with Gasteiger partial charge in [-0.15, -0.1) is 0 Å². The SMILES string of the molecule is CCOC(CCNC1CCN2CCCC2C1)OCC. The molecule has 2 heterocycles. The Morgan fingerprint density at radius 2 is 1.95 bits per heavy atom. The molecule has 0 amide bonds. The van der Waals surface area contributed by atoms with E-state index in [2.05, 4.69) is 10.2 Å². The molecule has 0 aromatic carbocycles. The molecule has 4 nitrogen and oxygen atoms in total. The number of nitrogens with one attached hydrogen (secondary N) is 1. The first-order valence-electron chi connectivity index (χ1n) is 8.04. The number of rotatable bonds is 8. The molecule has 19 heavy (non-hydrogen) atoms. The number of nitrogens with zero attached hydrogens (tertiary/aromatic N) is 1. The normalized spacial score (nSPS) is 27.9. The van der Waals surface area contributed by atoms with Crippen molar-refractivity contribution in [2.45, 2.75) is 64.3 Å². The third-order valence-corrected chi connectivity index (χ3v) is 4.34. The van der Waals surface area contributed by atoms with Crippen LogP contribution in [0.5, 0.6) is 0 Å². The van der Waals surface area contributed by atoms with E-state index in [0.29, 0.717) is 6.04 Å². The topological polar surface area (TPSA) is 33.7 Å². The molecule has 112 valence electrons. The second-order valence-corrected chi connectivity index (χ2v) is 5.64. The van der Waals surface area contributed by atoms with Gasteiger partial charge in [0.05, 0.1) is 0 Å². The monoisotopic (exact) mass is 270 g/mol. The summed E-state index contributed by atoms with van der Waals surface area (Å²) in [4.78, 5) is 2.67. The Kier molecular flexibility index (Phi) is 6.57. The minimum Gasteiger partial charge on any atom is -0.353 e. The van der Waals surface area contributed by atoms with Gasteiger partial charge in [-0.1, -0.05) is 0 Å². The van der Waals surface area contributed by atoms with E-state index in [0.717, 1.165) is 32.2 Å². The van der Waals surface area contributed by atoms with Crippen molar-refractivity contribution in [3.05, 3.63) is 0 Å². The van der Waals surface area contributed by atoms with Gasteiger partial charge >= 0.3 is 0 Å². The van der Waals surface area contributed by atoms with Crippen molar-refractivity contribution in [1.82, 2.24) is 10.2 Å². The van der Waals surface area contributed by atoms with Gasteiger partial charge in [0, 0.05) is 38.3 Å². The molecule has 2 atom stereocenters. The second kappa shape index (κ2) is 8.20. The summed E-state index contributed by atoms with van der Waals surface area (Å²) in [5, 5.41) is 3.69. The van der Waals surface area contributed by atoms with Crippen LogP contribution in [0, 0.1) is 0 Å². The van der Waals surface area contributed by atoms with Crippen molar-refractivity contribution in [2.24, 2.45) is 0 Å². The first kappa shape index (κ1) is 15.2. The molecule has 0 spiro atoms. The quantitative estimate of drug-likeness (QED) is 0.684. The highest BCUT2D eigenvalue weighted by Gasteiger charge is 2.31. The van der Waals surface area contributed by atoms with Crippen molar-refractivity contribution in [3.63, 3.8) is 0 Å². The highest BCUT2D eigenvalue weighted by molar-refractivity contribution is 4.89. The van der Waals surface area contributed by atoms with Crippen LogP contribution in [0.25, 0.3) is 0 Å². The van der Waals surface area contributed by atoms with Crippen molar-refractivity contribution < 1.29 is 9.47 Å². The molecule has 2 fully saturated rings. The third-order valence-electron chi connectivity index (χ3n) is 4.34. The van der Waals surface area contributed by atoms with Gasteiger partial charge < -0.3 is 19.7 Å². The molecule has 0 saturated carbocycles. The fourth-order valence-corrected chi connectivity index (χ4v) is 3.40. The number of hydrogen-bond donors (Lipinski definition) is 1. The van der Waals surface area contributed by atoms with Crippen molar-refractivity contribution >= 4 is 0 Å². The summed E-state index contributed by atoms with van der Waals surface area (Å²) in [6.07, 6.45) is 6.34. The summed E-state index contributed by atoms with van der Waals surface area (Å²) in [6.45, 7) is 9.11. The molecule has 2 saturated heterocycles. The number of fused-ring (bicyclic) bond motifs is 1. The Bertz CT molecular complexity index is 244. The Morgan fingerprint density at radius 1 is 1.16 bits per heavy atom. The van der Waals surface area contributed by atoms with E-state index in [1.807, 2.05) is 13.8 Å². The predicted molar refractivity (Wildman–Crippen MR) is 77.3 cm³/mol. The first-order valence-corrected chi connectivity index (χ1v) is 8.04. The largest absolute Gasteiger partial charge is 0.353 e. The van der Waals surface area contributed by atoms with Crippen LogP contribution in [0.15, 0.2) is 0 Å². The molecule has 1 N–H and O–H groups in total. The zero-order chi connectivity index (χ0) is 13.5. The zero-order valence-corrected chi connectivity index (χ0v) is 12.6. The van der Waals surface area contributed by atoms with Gasteiger partial charge in [0.2, 0.25) is 0 Å². The molecule has 4 heteroatoms. The van der Waals surface area contributed by atoms with Crippen LogP contribution in [0.4, 0.5) is 0 Å². The molecule has 0 bridgehead atoms. The minimum atomic E-state index is -0.0333. The van der Waals surface area contributed by atoms with E-state index >= 15 is 0 Å². The smallest absolute Gasteiger partial charge is 0.158 e. The molecule has 2 unspecified atom stereocenters. The molecule has 2 aliphatic heterocycles. The van der Waals surface area contributed by atoms with Crippen LogP contribution in [-0.4, -0.2) is 56.1 Å². The zero-order valence-electron chi connectivity index (χ0n) is 12.6. The number of hydrogen-bond acceptors (Lipinski definition) is 4. The van der Waals surface area contributed by atoms with Gasteiger partial charge in [-0.25, -0.2) is 0 Å². The van der Waals surface area contributed by atoms with Crippen LogP contribution in [-0.2, 0) is 9.47 Å². The van der Waals surface area contributed by atoms with Crippen LogP contribution in [0.2, 0.25) is 0 Å². The van der Waals surface area contributed by atoms with E-state index in [9.17, 15) is 0 Å². The molecular weight excluding hydrogens is 240 g/mol. The average Bonchev–Trinajstić information content (AvgIpc) is 2.86. The summed E-state index contributed by atoms with van der Waals surface area (Å²) in [5.74, 6) is 0. The van der Waals surface area contributed by atoms with Gasteiger partial charge in [0.15, 0.2) is 6.29 Å². The van der Waals surface area contributed by atoms with Crippen LogP contribution in [0.3, 0.4) is 0 Å². The standard InChI is InChI=1S/C15H30N2O2/c1-3-18-15(19-4-2)7-9-16-13-8-11-17-10-5-6-14(17)12-13/h13-16H,3-12H2,1-2H3. The third kappa shape index (κ3) is 4.71. The van der Waals surface area contributed by atoms with Crippen LogP contribution >= 0.6 is 0 Å². The maximum absolute atomic E-state index is 5.57. The lowest BCUT2D eigenvalue weighted by molar-refractivity contribution is -0.138. The Labute approximate surface area is 117 Å². The minimum absolute atomic E-state index is 0.0333. The lowest BCUT2D eigenvalue weighted by atomic mass is 9.97. The van der Waals surface area contributed by atoms with Gasteiger partial charge in [0.1, 0.15) is 0 Å². The van der Waals surface area contributed by atoms with E-state index in [1.165, 1.54) is 38.8 Å². The highest BCUT2D eigenvalue weighted by Crippen LogP contribution is 2.26. The fourth-order valence-electron chi connectivity index (χ4n) is 3.40. The highest BCUT2D eigenvalue weighted by atomic mass is 16.7. The van der Waals surface area contributed by atoms with E-state index in [1.54, 1.807) is 0 Å². The molecule has 0 aromatic heterocycles. The molecule has 0 radical (unpaired) electrons. The van der Waals surface area contributed by atoms with Gasteiger partial charge in [-0.05, 0) is 52.6 Å². The lowest BCUT2D eigenvalue weighted by Crippen LogP contribution is -2.46. The Morgan fingerprint density at radius 3 is 2.68 bits per heavy atom.